The minimum absolute atomic E-state index is 0.0721. The summed E-state index contributed by atoms with van der Waals surface area (Å²) in [5.41, 5.74) is 6.82. The van der Waals surface area contributed by atoms with Gasteiger partial charge in [0, 0.05) is 12.1 Å². The molecule has 0 bridgehead atoms. The van der Waals surface area contributed by atoms with Crippen LogP contribution in [0, 0.1) is 0 Å². The van der Waals surface area contributed by atoms with Crippen LogP contribution < -0.4 is 15.8 Å². The lowest BCUT2D eigenvalue weighted by molar-refractivity contribution is 0.527. The molecule has 4 N–H and O–H groups in total. The van der Waals surface area contributed by atoms with Crippen molar-refractivity contribution in [1.82, 2.24) is 4.72 Å². The number of sulfonamides is 1. The Morgan fingerprint density at radius 1 is 1.15 bits per heavy atom. The monoisotopic (exact) mass is 297 g/mol. The summed E-state index contributed by atoms with van der Waals surface area (Å²) >= 11 is 0. The summed E-state index contributed by atoms with van der Waals surface area (Å²) in [5.74, 6) is 0. The average Bonchev–Trinajstić information content (AvgIpc) is 2.65. The van der Waals surface area contributed by atoms with Gasteiger partial charge in [0.2, 0.25) is 10.0 Å². The Balaban J connectivity index is 2.25. The fraction of sp³-hybridized carbons (Fsp3) is 0.571. The molecule has 1 aliphatic rings. The molecule has 2 atom stereocenters. The van der Waals surface area contributed by atoms with Crippen LogP contribution >= 0.6 is 0 Å². The molecule has 2 rings (SSSR count). The topological polar surface area (TPSA) is 84.2 Å². The van der Waals surface area contributed by atoms with E-state index in [1.54, 1.807) is 18.2 Å². The molecule has 1 aromatic rings. The van der Waals surface area contributed by atoms with Crippen molar-refractivity contribution < 1.29 is 8.42 Å². The van der Waals surface area contributed by atoms with Crippen LogP contribution in [-0.4, -0.2) is 27.5 Å². The van der Waals surface area contributed by atoms with Gasteiger partial charge in [0.1, 0.15) is 4.90 Å². The van der Waals surface area contributed by atoms with E-state index in [0.717, 1.165) is 25.7 Å². The fourth-order valence-corrected chi connectivity index (χ4v) is 3.54. The molecule has 112 valence electrons. The van der Waals surface area contributed by atoms with Crippen LogP contribution in [0.2, 0.25) is 0 Å². The zero-order valence-corrected chi connectivity index (χ0v) is 12.6. The van der Waals surface area contributed by atoms with E-state index in [4.69, 9.17) is 5.73 Å². The minimum Gasteiger partial charge on any atom is -0.380 e. The Labute approximate surface area is 121 Å². The molecule has 0 radical (unpaired) electrons. The van der Waals surface area contributed by atoms with Crippen molar-refractivity contribution in [3.63, 3.8) is 0 Å². The van der Waals surface area contributed by atoms with E-state index in [1.165, 1.54) is 13.5 Å². The third-order valence-corrected chi connectivity index (χ3v) is 5.33. The maximum absolute atomic E-state index is 12.0. The maximum Gasteiger partial charge on any atom is 0.242 e. The molecule has 0 aromatic heterocycles. The van der Waals surface area contributed by atoms with Crippen molar-refractivity contribution in [1.29, 1.82) is 0 Å². The van der Waals surface area contributed by atoms with Gasteiger partial charge in [-0.2, -0.15) is 0 Å². The summed E-state index contributed by atoms with van der Waals surface area (Å²) in [7, 11) is -2.04. The SMILES string of the molecule is CNS(=O)(=O)c1ccccc1NC1CCCCCC1N. The fourth-order valence-electron chi connectivity index (χ4n) is 2.65. The number of nitrogens with two attached hydrogens (primary N) is 1. The summed E-state index contributed by atoms with van der Waals surface area (Å²) < 4.78 is 26.4. The van der Waals surface area contributed by atoms with Gasteiger partial charge >= 0.3 is 0 Å². The van der Waals surface area contributed by atoms with Crippen LogP contribution in [0.4, 0.5) is 5.69 Å². The summed E-state index contributed by atoms with van der Waals surface area (Å²) in [6.07, 6.45) is 5.44. The molecule has 1 fully saturated rings. The van der Waals surface area contributed by atoms with Crippen LogP contribution in [0.5, 0.6) is 0 Å². The van der Waals surface area contributed by atoms with Crippen molar-refractivity contribution >= 4 is 15.7 Å². The second-order valence-corrected chi connectivity index (χ2v) is 7.11. The van der Waals surface area contributed by atoms with Crippen molar-refractivity contribution in [3.8, 4) is 0 Å². The second-order valence-electron chi connectivity index (χ2n) is 5.26. The van der Waals surface area contributed by atoms with Crippen LogP contribution in [0.1, 0.15) is 32.1 Å². The maximum atomic E-state index is 12.0. The lowest BCUT2D eigenvalue weighted by atomic mass is 10.0. The zero-order valence-electron chi connectivity index (χ0n) is 11.8. The van der Waals surface area contributed by atoms with Crippen LogP contribution in [0.25, 0.3) is 0 Å². The Bertz CT molecular complexity index is 545. The number of anilines is 1. The first-order valence-electron chi connectivity index (χ1n) is 7.09. The smallest absolute Gasteiger partial charge is 0.242 e. The van der Waals surface area contributed by atoms with Gasteiger partial charge < -0.3 is 11.1 Å². The number of rotatable bonds is 4. The molecule has 0 spiro atoms. The second kappa shape index (κ2) is 6.56. The summed E-state index contributed by atoms with van der Waals surface area (Å²) in [5, 5.41) is 3.34. The lowest BCUT2D eigenvalue weighted by Gasteiger charge is -2.25. The van der Waals surface area contributed by atoms with Crippen molar-refractivity contribution in [3.05, 3.63) is 24.3 Å². The highest BCUT2D eigenvalue weighted by Crippen LogP contribution is 2.25. The quantitative estimate of drug-likeness (QED) is 0.738. The zero-order chi connectivity index (χ0) is 14.6. The normalized spacial score (nSPS) is 24.1. The molecular formula is C14H23N3O2S. The molecule has 0 heterocycles. The average molecular weight is 297 g/mol. The Morgan fingerprint density at radius 2 is 1.85 bits per heavy atom. The lowest BCUT2D eigenvalue weighted by Crippen LogP contribution is -2.39. The molecular weight excluding hydrogens is 274 g/mol. The number of para-hydroxylation sites is 1. The Kier molecular flexibility index (Phi) is 5.01. The van der Waals surface area contributed by atoms with E-state index in [0.29, 0.717) is 5.69 Å². The van der Waals surface area contributed by atoms with Crippen LogP contribution in [0.15, 0.2) is 29.2 Å². The molecule has 1 aliphatic carbocycles. The highest BCUT2D eigenvalue weighted by molar-refractivity contribution is 7.89. The Hall–Kier alpha value is -1.11. The van der Waals surface area contributed by atoms with Crippen molar-refractivity contribution in [2.24, 2.45) is 5.73 Å². The van der Waals surface area contributed by atoms with E-state index in [9.17, 15) is 8.42 Å². The molecule has 20 heavy (non-hydrogen) atoms. The third kappa shape index (κ3) is 3.50. The van der Waals surface area contributed by atoms with Crippen molar-refractivity contribution in [2.45, 2.75) is 49.1 Å². The van der Waals surface area contributed by atoms with Crippen LogP contribution in [-0.2, 0) is 10.0 Å². The molecule has 1 aromatic carbocycles. The number of hydrogen-bond donors (Lipinski definition) is 3. The standard InChI is InChI=1S/C14H23N3O2S/c1-16-20(18,19)14-10-6-5-9-13(14)17-12-8-4-2-3-7-11(12)15/h5-6,9-12,16-17H,2-4,7-8,15H2,1H3. The van der Waals surface area contributed by atoms with Gasteiger partial charge in [-0.25, -0.2) is 13.1 Å². The van der Waals surface area contributed by atoms with E-state index in [-0.39, 0.29) is 17.0 Å². The van der Waals surface area contributed by atoms with E-state index in [1.807, 2.05) is 6.07 Å². The number of nitrogens with one attached hydrogen (secondary N) is 2. The molecule has 6 heteroatoms. The number of benzene rings is 1. The van der Waals surface area contributed by atoms with E-state index >= 15 is 0 Å². The van der Waals surface area contributed by atoms with Gasteiger partial charge in [0.05, 0.1) is 5.69 Å². The van der Waals surface area contributed by atoms with Gasteiger partial charge in [-0.3, -0.25) is 0 Å². The summed E-state index contributed by atoms with van der Waals surface area (Å²) in [6.45, 7) is 0. The summed E-state index contributed by atoms with van der Waals surface area (Å²) in [4.78, 5) is 0.277. The molecule has 2 unspecified atom stereocenters. The van der Waals surface area contributed by atoms with Gasteiger partial charge in [0.25, 0.3) is 0 Å². The van der Waals surface area contributed by atoms with Gasteiger partial charge in [-0.15, -0.1) is 0 Å². The summed E-state index contributed by atoms with van der Waals surface area (Å²) in [6, 6.07) is 7.16. The highest BCUT2D eigenvalue weighted by Gasteiger charge is 2.23. The highest BCUT2D eigenvalue weighted by atomic mass is 32.2. The largest absolute Gasteiger partial charge is 0.380 e. The third-order valence-electron chi connectivity index (χ3n) is 3.86. The molecule has 5 nitrogen and oxygen atoms in total. The van der Waals surface area contributed by atoms with Crippen LogP contribution in [0.3, 0.4) is 0 Å². The van der Waals surface area contributed by atoms with E-state index < -0.39 is 10.0 Å². The molecule has 0 aliphatic heterocycles. The first kappa shape index (κ1) is 15.3. The predicted molar refractivity (Wildman–Crippen MR) is 81.2 cm³/mol. The minimum atomic E-state index is -3.46. The first-order chi connectivity index (χ1) is 9.54. The van der Waals surface area contributed by atoms with Gasteiger partial charge in [0.15, 0.2) is 0 Å². The predicted octanol–water partition coefficient (Wildman–Crippen LogP) is 1.67. The molecule has 1 saturated carbocycles. The van der Waals surface area contributed by atoms with Gasteiger partial charge in [-0.05, 0) is 32.0 Å². The molecule has 0 amide bonds. The first-order valence-corrected chi connectivity index (χ1v) is 8.57. The number of hydrogen-bond acceptors (Lipinski definition) is 4. The van der Waals surface area contributed by atoms with E-state index in [2.05, 4.69) is 10.0 Å². The van der Waals surface area contributed by atoms with Gasteiger partial charge in [-0.1, -0.05) is 31.4 Å². The van der Waals surface area contributed by atoms with Crippen molar-refractivity contribution in [2.75, 3.05) is 12.4 Å². The Morgan fingerprint density at radius 3 is 2.60 bits per heavy atom. The molecule has 0 saturated heterocycles.